The third-order valence-corrected chi connectivity index (χ3v) is 3.96. The molecule has 1 N–H and O–H groups in total. The Bertz CT molecular complexity index is 808. The number of rotatable bonds is 4. The molecule has 0 radical (unpaired) electrons. The number of carbonyl (C=O) groups excluding carboxylic acids is 1. The Morgan fingerprint density at radius 2 is 1.61 bits per heavy atom. The van der Waals surface area contributed by atoms with Crippen molar-refractivity contribution in [2.45, 2.75) is 6.54 Å². The SMILES string of the molecule is O=C(NCc1ccccc1)c1ccc(-c2c(Cl)cccc2Cl)o1. The Hall–Kier alpha value is -2.23. The van der Waals surface area contributed by atoms with Crippen molar-refractivity contribution in [3.8, 4) is 11.3 Å². The molecule has 0 unspecified atom stereocenters. The predicted octanol–water partition coefficient (Wildman–Crippen LogP) is 5.18. The minimum atomic E-state index is -0.289. The van der Waals surface area contributed by atoms with Crippen LogP contribution in [0.1, 0.15) is 16.1 Å². The summed E-state index contributed by atoms with van der Waals surface area (Å²) in [4.78, 5) is 12.2. The first-order chi connectivity index (χ1) is 11.1. The average molecular weight is 346 g/mol. The molecule has 0 aliphatic rings. The van der Waals surface area contributed by atoms with Gasteiger partial charge >= 0.3 is 0 Å². The van der Waals surface area contributed by atoms with Gasteiger partial charge in [-0.3, -0.25) is 4.79 Å². The van der Waals surface area contributed by atoms with E-state index in [4.69, 9.17) is 27.6 Å². The molecule has 3 nitrogen and oxygen atoms in total. The van der Waals surface area contributed by atoms with Crippen molar-refractivity contribution in [2.24, 2.45) is 0 Å². The Morgan fingerprint density at radius 1 is 0.913 bits per heavy atom. The molecular formula is C18H13Cl2NO2. The zero-order chi connectivity index (χ0) is 16.2. The molecule has 0 fully saturated rings. The van der Waals surface area contributed by atoms with Crippen LogP contribution < -0.4 is 5.32 Å². The summed E-state index contributed by atoms with van der Waals surface area (Å²) in [5, 5.41) is 3.76. The maximum Gasteiger partial charge on any atom is 0.287 e. The molecule has 23 heavy (non-hydrogen) atoms. The first-order valence-corrected chi connectivity index (χ1v) is 7.77. The Morgan fingerprint density at radius 3 is 2.30 bits per heavy atom. The van der Waals surface area contributed by atoms with E-state index in [1.807, 2.05) is 30.3 Å². The van der Waals surface area contributed by atoms with Gasteiger partial charge < -0.3 is 9.73 Å². The largest absolute Gasteiger partial charge is 0.451 e. The smallest absolute Gasteiger partial charge is 0.287 e. The molecule has 3 aromatic rings. The fraction of sp³-hybridized carbons (Fsp3) is 0.0556. The molecule has 1 aromatic heterocycles. The lowest BCUT2D eigenvalue weighted by atomic mass is 10.2. The van der Waals surface area contributed by atoms with Gasteiger partial charge in [0.15, 0.2) is 5.76 Å². The van der Waals surface area contributed by atoms with Crippen molar-refractivity contribution in [3.63, 3.8) is 0 Å². The van der Waals surface area contributed by atoms with Crippen molar-refractivity contribution < 1.29 is 9.21 Å². The number of benzene rings is 2. The molecule has 0 aliphatic carbocycles. The molecule has 5 heteroatoms. The highest BCUT2D eigenvalue weighted by Crippen LogP contribution is 2.35. The number of carbonyl (C=O) groups is 1. The highest BCUT2D eigenvalue weighted by molar-refractivity contribution is 6.39. The van der Waals surface area contributed by atoms with Gasteiger partial charge in [0.25, 0.3) is 5.91 Å². The zero-order valence-electron chi connectivity index (χ0n) is 12.1. The van der Waals surface area contributed by atoms with Gasteiger partial charge in [-0.1, -0.05) is 59.6 Å². The molecule has 0 saturated heterocycles. The highest BCUT2D eigenvalue weighted by Gasteiger charge is 2.15. The van der Waals surface area contributed by atoms with Gasteiger partial charge in [-0.2, -0.15) is 0 Å². The minimum absolute atomic E-state index is 0.215. The number of nitrogens with one attached hydrogen (secondary N) is 1. The lowest BCUT2D eigenvalue weighted by Crippen LogP contribution is -2.22. The van der Waals surface area contributed by atoms with Gasteiger partial charge in [-0.15, -0.1) is 0 Å². The number of hydrogen-bond acceptors (Lipinski definition) is 2. The van der Waals surface area contributed by atoms with Gasteiger partial charge in [0, 0.05) is 6.54 Å². The lowest BCUT2D eigenvalue weighted by Gasteiger charge is -2.04. The fourth-order valence-electron chi connectivity index (χ4n) is 2.19. The van der Waals surface area contributed by atoms with Crippen molar-refractivity contribution in [3.05, 3.63) is 82.0 Å². The van der Waals surface area contributed by atoms with Gasteiger partial charge in [-0.25, -0.2) is 0 Å². The van der Waals surface area contributed by atoms with E-state index in [0.717, 1.165) is 5.56 Å². The van der Waals surface area contributed by atoms with Crippen LogP contribution in [-0.4, -0.2) is 5.91 Å². The highest BCUT2D eigenvalue weighted by atomic mass is 35.5. The summed E-state index contributed by atoms with van der Waals surface area (Å²) in [7, 11) is 0. The van der Waals surface area contributed by atoms with E-state index in [0.29, 0.717) is 27.9 Å². The van der Waals surface area contributed by atoms with E-state index in [1.165, 1.54) is 0 Å². The van der Waals surface area contributed by atoms with Crippen LogP contribution in [0.4, 0.5) is 0 Å². The van der Waals surface area contributed by atoms with Crippen LogP contribution in [0, 0.1) is 0 Å². The second kappa shape index (κ2) is 6.90. The molecule has 0 spiro atoms. The monoisotopic (exact) mass is 345 g/mol. The standard InChI is InChI=1S/C18H13Cl2NO2/c19-13-7-4-8-14(20)17(13)15-9-10-16(23-15)18(22)21-11-12-5-2-1-3-6-12/h1-10H,11H2,(H,21,22). The molecule has 0 saturated carbocycles. The lowest BCUT2D eigenvalue weighted by molar-refractivity contribution is 0.0924. The maximum absolute atomic E-state index is 12.2. The van der Waals surface area contributed by atoms with E-state index in [2.05, 4.69) is 5.32 Å². The van der Waals surface area contributed by atoms with Crippen molar-refractivity contribution in [1.29, 1.82) is 0 Å². The summed E-state index contributed by atoms with van der Waals surface area (Å²) >= 11 is 12.3. The van der Waals surface area contributed by atoms with E-state index in [1.54, 1.807) is 30.3 Å². The van der Waals surface area contributed by atoms with Crippen molar-refractivity contribution in [1.82, 2.24) is 5.32 Å². The van der Waals surface area contributed by atoms with Crippen molar-refractivity contribution >= 4 is 29.1 Å². The Balaban J connectivity index is 1.75. The Labute approximate surface area is 143 Å². The normalized spacial score (nSPS) is 10.5. The van der Waals surface area contributed by atoms with Crippen LogP contribution in [0.2, 0.25) is 10.0 Å². The second-order valence-electron chi connectivity index (χ2n) is 4.93. The summed E-state index contributed by atoms with van der Waals surface area (Å²) in [5.74, 6) is 0.389. The number of hydrogen-bond donors (Lipinski definition) is 1. The number of furan rings is 1. The minimum Gasteiger partial charge on any atom is -0.451 e. The fourth-order valence-corrected chi connectivity index (χ4v) is 2.78. The molecule has 1 amide bonds. The predicted molar refractivity (Wildman–Crippen MR) is 91.8 cm³/mol. The van der Waals surface area contributed by atoms with Crippen LogP contribution in [-0.2, 0) is 6.54 Å². The van der Waals surface area contributed by atoms with Crippen LogP contribution in [0.15, 0.2) is 65.1 Å². The van der Waals surface area contributed by atoms with Crippen LogP contribution in [0.5, 0.6) is 0 Å². The first-order valence-electron chi connectivity index (χ1n) is 7.01. The molecule has 3 rings (SSSR count). The van der Waals surface area contributed by atoms with Gasteiger partial charge in [0.1, 0.15) is 5.76 Å². The summed E-state index contributed by atoms with van der Waals surface area (Å²) in [6.45, 7) is 0.433. The second-order valence-corrected chi connectivity index (χ2v) is 5.74. The third kappa shape index (κ3) is 3.58. The van der Waals surface area contributed by atoms with E-state index >= 15 is 0 Å². The molecular weight excluding hydrogens is 333 g/mol. The molecule has 0 aliphatic heterocycles. The summed E-state index contributed by atoms with van der Waals surface area (Å²) in [6.07, 6.45) is 0. The molecule has 0 bridgehead atoms. The van der Waals surface area contributed by atoms with E-state index < -0.39 is 0 Å². The summed E-state index contributed by atoms with van der Waals surface area (Å²) < 4.78 is 5.60. The van der Waals surface area contributed by atoms with Gasteiger partial charge in [-0.05, 0) is 29.8 Å². The van der Waals surface area contributed by atoms with Crippen LogP contribution >= 0.6 is 23.2 Å². The van der Waals surface area contributed by atoms with Gasteiger partial charge in [0.05, 0.1) is 15.6 Å². The average Bonchev–Trinajstić information content (AvgIpc) is 3.03. The maximum atomic E-state index is 12.2. The molecule has 1 heterocycles. The Kier molecular flexibility index (Phi) is 4.70. The van der Waals surface area contributed by atoms with E-state index in [-0.39, 0.29) is 11.7 Å². The summed E-state index contributed by atoms with van der Waals surface area (Å²) in [6, 6.07) is 18.1. The summed E-state index contributed by atoms with van der Waals surface area (Å²) in [5.41, 5.74) is 1.60. The van der Waals surface area contributed by atoms with Crippen LogP contribution in [0.3, 0.4) is 0 Å². The molecule has 116 valence electrons. The zero-order valence-corrected chi connectivity index (χ0v) is 13.6. The first kappa shape index (κ1) is 15.7. The third-order valence-electron chi connectivity index (χ3n) is 3.33. The van der Waals surface area contributed by atoms with E-state index in [9.17, 15) is 4.79 Å². The topological polar surface area (TPSA) is 42.2 Å². The quantitative estimate of drug-likeness (QED) is 0.707. The number of amides is 1. The number of halogens is 2. The van der Waals surface area contributed by atoms with Crippen molar-refractivity contribution in [2.75, 3.05) is 0 Å². The van der Waals surface area contributed by atoms with Gasteiger partial charge in [0.2, 0.25) is 0 Å². The molecule has 0 atom stereocenters. The molecule has 2 aromatic carbocycles. The van der Waals surface area contributed by atoms with Crippen LogP contribution in [0.25, 0.3) is 11.3 Å².